The van der Waals surface area contributed by atoms with E-state index < -0.39 is 0 Å². The largest absolute Gasteiger partial charge is 0.378 e. The highest BCUT2D eigenvalue weighted by molar-refractivity contribution is 5.79. The first kappa shape index (κ1) is 15.7. The van der Waals surface area contributed by atoms with Gasteiger partial charge in [-0.05, 0) is 38.8 Å². The van der Waals surface area contributed by atoms with Crippen LogP contribution >= 0.6 is 0 Å². The second-order valence-corrected chi connectivity index (χ2v) is 6.29. The van der Waals surface area contributed by atoms with E-state index in [1.165, 1.54) is 0 Å². The predicted molar refractivity (Wildman–Crippen MR) is 79.4 cm³/mol. The van der Waals surface area contributed by atoms with E-state index in [0.717, 1.165) is 58.7 Å². The van der Waals surface area contributed by atoms with Crippen LogP contribution in [0, 0.1) is 11.8 Å². The summed E-state index contributed by atoms with van der Waals surface area (Å²) in [6.07, 6.45) is 2.02. The van der Waals surface area contributed by atoms with Crippen molar-refractivity contribution in [1.29, 1.82) is 0 Å². The smallest absolute Gasteiger partial charge is 0.228 e. The fraction of sp³-hybridized carbons (Fsp3) is 0.933. The van der Waals surface area contributed by atoms with Crippen molar-refractivity contribution in [1.82, 2.24) is 9.80 Å². The van der Waals surface area contributed by atoms with E-state index in [0.29, 0.717) is 11.8 Å². The standard InChI is InChI=1S/C15H29N3O2/c1-12(10-16)11-17-5-3-6-18(8-7-17)15(19)14-4-9-20-13(14)2/h12-14H,3-11,16H2,1-2H3. The van der Waals surface area contributed by atoms with Crippen LogP contribution < -0.4 is 5.73 Å². The zero-order chi connectivity index (χ0) is 14.5. The Kier molecular flexibility index (Phi) is 5.81. The molecule has 20 heavy (non-hydrogen) atoms. The zero-order valence-corrected chi connectivity index (χ0v) is 12.9. The van der Waals surface area contributed by atoms with E-state index in [2.05, 4.69) is 11.8 Å². The maximum atomic E-state index is 12.6. The van der Waals surface area contributed by atoms with Gasteiger partial charge < -0.3 is 20.3 Å². The highest BCUT2D eigenvalue weighted by atomic mass is 16.5. The molecule has 2 aliphatic heterocycles. The molecule has 0 spiro atoms. The molecule has 3 unspecified atom stereocenters. The summed E-state index contributed by atoms with van der Waals surface area (Å²) in [7, 11) is 0. The van der Waals surface area contributed by atoms with E-state index in [-0.39, 0.29) is 12.0 Å². The number of nitrogens with zero attached hydrogens (tertiary/aromatic N) is 2. The van der Waals surface area contributed by atoms with Gasteiger partial charge in [0.2, 0.25) is 5.91 Å². The summed E-state index contributed by atoms with van der Waals surface area (Å²) in [6, 6.07) is 0. The Bertz CT molecular complexity index is 324. The minimum atomic E-state index is 0.0736. The molecule has 2 aliphatic rings. The Morgan fingerprint density at radius 1 is 1.35 bits per heavy atom. The fourth-order valence-corrected chi connectivity index (χ4v) is 3.18. The molecule has 3 atom stereocenters. The molecule has 2 rings (SSSR count). The molecule has 0 radical (unpaired) electrons. The van der Waals surface area contributed by atoms with Crippen LogP contribution in [0.15, 0.2) is 0 Å². The van der Waals surface area contributed by atoms with E-state index in [4.69, 9.17) is 10.5 Å². The molecule has 5 nitrogen and oxygen atoms in total. The topological polar surface area (TPSA) is 58.8 Å². The first-order valence-electron chi connectivity index (χ1n) is 7.94. The van der Waals surface area contributed by atoms with Crippen molar-refractivity contribution in [2.75, 3.05) is 45.9 Å². The third kappa shape index (κ3) is 3.93. The van der Waals surface area contributed by atoms with Crippen molar-refractivity contribution in [2.24, 2.45) is 17.6 Å². The van der Waals surface area contributed by atoms with Gasteiger partial charge in [-0.25, -0.2) is 0 Å². The molecule has 0 aliphatic carbocycles. The average Bonchev–Trinajstić information content (AvgIpc) is 2.73. The minimum absolute atomic E-state index is 0.0736. The van der Waals surface area contributed by atoms with Crippen molar-refractivity contribution in [3.05, 3.63) is 0 Å². The van der Waals surface area contributed by atoms with E-state index in [9.17, 15) is 4.79 Å². The summed E-state index contributed by atoms with van der Waals surface area (Å²) in [5.41, 5.74) is 5.70. The van der Waals surface area contributed by atoms with Crippen LogP contribution in [0.5, 0.6) is 0 Å². The molecule has 5 heteroatoms. The molecule has 0 bridgehead atoms. The molecule has 2 fully saturated rings. The van der Waals surface area contributed by atoms with Crippen molar-refractivity contribution < 1.29 is 9.53 Å². The lowest BCUT2D eigenvalue weighted by Crippen LogP contribution is -2.41. The lowest BCUT2D eigenvalue weighted by molar-refractivity contribution is -0.136. The average molecular weight is 283 g/mol. The van der Waals surface area contributed by atoms with Gasteiger partial charge in [0.05, 0.1) is 12.0 Å². The Hall–Kier alpha value is -0.650. The Morgan fingerprint density at radius 2 is 2.15 bits per heavy atom. The molecule has 0 aromatic heterocycles. The predicted octanol–water partition coefficient (Wildman–Crippen LogP) is 0.541. The number of nitrogens with two attached hydrogens (primary N) is 1. The molecule has 116 valence electrons. The van der Waals surface area contributed by atoms with E-state index >= 15 is 0 Å². The highest BCUT2D eigenvalue weighted by Gasteiger charge is 2.34. The van der Waals surface area contributed by atoms with Gasteiger partial charge >= 0.3 is 0 Å². The van der Waals surface area contributed by atoms with Crippen molar-refractivity contribution in [3.8, 4) is 0 Å². The van der Waals surface area contributed by atoms with Crippen LogP contribution in [-0.2, 0) is 9.53 Å². The zero-order valence-electron chi connectivity index (χ0n) is 12.9. The van der Waals surface area contributed by atoms with Crippen molar-refractivity contribution >= 4 is 5.91 Å². The summed E-state index contributed by atoms with van der Waals surface area (Å²) >= 11 is 0. The van der Waals surface area contributed by atoms with Crippen molar-refractivity contribution in [2.45, 2.75) is 32.8 Å². The number of amides is 1. The first-order valence-corrected chi connectivity index (χ1v) is 7.94. The number of hydrogen-bond acceptors (Lipinski definition) is 4. The SMILES string of the molecule is CC(CN)CN1CCCN(C(=O)C2CCOC2C)CC1. The second kappa shape index (κ2) is 7.38. The van der Waals surface area contributed by atoms with E-state index in [1.807, 2.05) is 11.8 Å². The molecule has 0 aromatic carbocycles. The normalized spacial score (nSPS) is 30.2. The number of hydrogen-bond donors (Lipinski definition) is 1. The molecule has 0 aromatic rings. The number of ether oxygens (including phenoxy) is 1. The van der Waals surface area contributed by atoms with Crippen LogP contribution in [0.25, 0.3) is 0 Å². The Morgan fingerprint density at radius 3 is 2.80 bits per heavy atom. The van der Waals surface area contributed by atoms with Gasteiger partial charge in [0.15, 0.2) is 0 Å². The Labute approximate surface area is 122 Å². The molecule has 1 amide bonds. The lowest BCUT2D eigenvalue weighted by Gasteiger charge is -2.26. The molecule has 2 N–H and O–H groups in total. The number of carbonyl (C=O) groups excluding carboxylic acids is 1. The van der Waals surface area contributed by atoms with Crippen LogP contribution in [0.3, 0.4) is 0 Å². The van der Waals surface area contributed by atoms with Crippen LogP contribution in [0.4, 0.5) is 0 Å². The second-order valence-electron chi connectivity index (χ2n) is 6.29. The molecule has 2 saturated heterocycles. The third-order valence-corrected chi connectivity index (χ3v) is 4.57. The Balaban J connectivity index is 1.84. The maximum absolute atomic E-state index is 12.6. The summed E-state index contributed by atoms with van der Waals surface area (Å²) in [5.74, 6) is 0.897. The van der Waals surface area contributed by atoms with Gasteiger partial charge in [-0.15, -0.1) is 0 Å². The summed E-state index contributed by atoms with van der Waals surface area (Å²) in [6.45, 7) is 10.5. The quantitative estimate of drug-likeness (QED) is 0.818. The monoisotopic (exact) mass is 283 g/mol. The van der Waals surface area contributed by atoms with Gasteiger partial charge in [-0.1, -0.05) is 6.92 Å². The minimum Gasteiger partial charge on any atom is -0.378 e. The van der Waals surface area contributed by atoms with Gasteiger partial charge in [0, 0.05) is 32.8 Å². The van der Waals surface area contributed by atoms with Crippen molar-refractivity contribution in [3.63, 3.8) is 0 Å². The maximum Gasteiger partial charge on any atom is 0.228 e. The van der Waals surface area contributed by atoms with Gasteiger partial charge in [0.1, 0.15) is 0 Å². The van der Waals surface area contributed by atoms with Gasteiger partial charge in [-0.2, -0.15) is 0 Å². The molecule has 0 saturated carbocycles. The number of carbonyl (C=O) groups is 1. The fourth-order valence-electron chi connectivity index (χ4n) is 3.18. The third-order valence-electron chi connectivity index (χ3n) is 4.57. The van der Waals surface area contributed by atoms with Crippen LogP contribution in [0.1, 0.15) is 26.7 Å². The molecular formula is C15H29N3O2. The highest BCUT2D eigenvalue weighted by Crippen LogP contribution is 2.23. The summed E-state index contributed by atoms with van der Waals surface area (Å²) in [4.78, 5) is 17.0. The molecular weight excluding hydrogens is 254 g/mol. The van der Waals surface area contributed by atoms with E-state index in [1.54, 1.807) is 0 Å². The summed E-state index contributed by atoms with van der Waals surface area (Å²) < 4.78 is 5.53. The first-order chi connectivity index (χ1) is 9.61. The number of rotatable bonds is 4. The molecule has 2 heterocycles. The van der Waals surface area contributed by atoms with Gasteiger partial charge in [-0.3, -0.25) is 4.79 Å². The van der Waals surface area contributed by atoms with Crippen LogP contribution in [0.2, 0.25) is 0 Å². The van der Waals surface area contributed by atoms with Gasteiger partial charge in [0.25, 0.3) is 0 Å². The lowest BCUT2D eigenvalue weighted by atomic mass is 10.0. The van der Waals surface area contributed by atoms with Crippen LogP contribution in [-0.4, -0.2) is 67.7 Å². The summed E-state index contributed by atoms with van der Waals surface area (Å²) in [5, 5.41) is 0.